The first-order valence-electron chi connectivity index (χ1n) is 10.0. The van der Waals surface area contributed by atoms with Gasteiger partial charge in [-0.25, -0.2) is 18.4 Å². The molecule has 1 aliphatic heterocycles. The quantitative estimate of drug-likeness (QED) is 0.547. The van der Waals surface area contributed by atoms with Gasteiger partial charge in [-0.2, -0.15) is 9.40 Å². The fourth-order valence-corrected chi connectivity index (χ4v) is 5.53. The molecule has 10 nitrogen and oxygen atoms in total. The summed E-state index contributed by atoms with van der Waals surface area (Å²) >= 11 is 6.18. The summed E-state index contributed by atoms with van der Waals surface area (Å²) in [6, 6.07) is 4.97. The number of fused-ring (bicyclic) bond motifs is 1. The summed E-state index contributed by atoms with van der Waals surface area (Å²) in [5.74, 6) is -1.07. The van der Waals surface area contributed by atoms with Gasteiger partial charge in [0.1, 0.15) is 4.90 Å². The lowest BCUT2D eigenvalue weighted by molar-refractivity contribution is -0.136. The first kappa shape index (κ1) is 22.4. The Morgan fingerprint density at radius 1 is 1.28 bits per heavy atom. The molecule has 0 radical (unpaired) electrons. The van der Waals surface area contributed by atoms with Crippen molar-refractivity contribution in [1.82, 2.24) is 24.1 Å². The lowest BCUT2D eigenvalue weighted by atomic mass is 10.1. The molecular formula is C20H22ClN5O5S. The number of ether oxygens (including phenoxy) is 1. The van der Waals surface area contributed by atoms with Crippen LogP contribution in [0.5, 0.6) is 6.01 Å². The second-order valence-electron chi connectivity index (χ2n) is 7.62. The topological polar surface area (TPSA) is 128 Å². The molecule has 1 fully saturated rings. The lowest BCUT2D eigenvalue weighted by Gasteiger charge is -2.17. The Morgan fingerprint density at radius 3 is 2.66 bits per heavy atom. The maximum atomic E-state index is 13.2. The van der Waals surface area contributed by atoms with Crippen molar-refractivity contribution in [1.29, 1.82) is 0 Å². The number of aliphatic carboxylic acids is 1. The minimum absolute atomic E-state index is 0.0197. The number of carbonyl (C=O) groups is 1. The highest BCUT2D eigenvalue weighted by Gasteiger charge is 2.39. The van der Waals surface area contributed by atoms with Crippen molar-refractivity contribution in [3.05, 3.63) is 41.3 Å². The van der Waals surface area contributed by atoms with Crippen LogP contribution in [0.25, 0.3) is 10.9 Å². The van der Waals surface area contributed by atoms with Gasteiger partial charge in [0.15, 0.2) is 0 Å². The van der Waals surface area contributed by atoms with Crippen molar-refractivity contribution in [3.8, 4) is 6.01 Å². The number of rotatable bonds is 7. The van der Waals surface area contributed by atoms with Gasteiger partial charge in [-0.15, -0.1) is 0 Å². The van der Waals surface area contributed by atoms with Gasteiger partial charge in [0.2, 0.25) is 10.0 Å². The van der Waals surface area contributed by atoms with Crippen LogP contribution in [0.1, 0.15) is 25.6 Å². The molecule has 2 aromatic heterocycles. The molecule has 0 aliphatic carbocycles. The number of nitrogens with zero attached hydrogens (tertiary/aromatic N) is 5. The molecule has 3 aromatic rings. The number of aromatic nitrogens is 4. The number of carboxylic acids is 1. The van der Waals surface area contributed by atoms with Crippen LogP contribution in [-0.4, -0.2) is 63.2 Å². The van der Waals surface area contributed by atoms with Crippen LogP contribution in [0.2, 0.25) is 5.02 Å². The molecule has 0 bridgehead atoms. The summed E-state index contributed by atoms with van der Waals surface area (Å²) in [5.41, 5.74) is 1.09. The van der Waals surface area contributed by atoms with Crippen molar-refractivity contribution in [2.24, 2.45) is 5.92 Å². The SMILES string of the molecule is CCOc1ncc(S(=O)(=O)N2C[C@@H](C)[C@@H](n3nc(CC(=O)O)c4ccc(Cl)cc43)C2)cn1. The summed E-state index contributed by atoms with van der Waals surface area (Å²) in [6.07, 6.45) is 2.23. The predicted octanol–water partition coefficient (Wildman–Crippen LogP) is 2.39. The largest absolute Gasteiger partial charge is 0.481 e. The van der Waals surface area contributed by atoms with E-state index in [2.05, 4.69) is 15.1 Å². The maximum Gasteiger partial charge on any atom is 0.316 e. The highest BCUT2D eigenvalue weighted by molar-refractivity contribution is 7.89. The zero-order chi connectivity index (χ0) is 23.0. The van der Waals surface area contributed by atoms with Crippen molar-refractivity contribution >= 4 is 38.5 Å². The third-order valence-electron chi connectivity index (χ3n) is 5.43. The lowest BCUT2D eigenvalue weighted by Crippen LogP contribution is -2.29. The molecule has 0 unspecified atom stereocenters. The zero-order valence-electron chi connectivity index (χ0n) is 17.5. The fourth-order valence-electron chi connectivity index (χ4n) is 3.91. The average molecular weight is 480 g/mol. The van der Waals surface area contributed by atoms with Gasteiger partial charge in [-0.3, -0.25) is 9.48 Å². The summed E-state index contributed by atoms with van der Waals surface area (Å²) in [7, 11) is -3.83. The molecule has 1 saturated heterocycles. The van der Waals surface area contributed by atoms with Gasteiger partial charge < -0.3 is 9.84 Å². The van der Waals surface area contributed by atoms with Gasteiger partial charge in [0, 0.05) is 23.5 Å². The summed E-state index contributed by atoms with van der Waals surface area (Å²) in [6.45, 7) is 4.55. The summed E-state index contributed by atoms with van der Waals surface area (Å²) in [5, 5.41) is 15.0. The van der Waals surface area contributed by atoms with Crippen LogP contribution in [0.3, 0.4) is 0 Å². The highest BCUT2D eigenvalue weighted by Crippen LogP contribution is 2.35. The minimum Gasteiger partial charge on any atom is -0.481 e. The summed E-state index contributed by atoms with van der Waals surface area (Å²) in [4.78, 5) is 19.2. The van der Waals surface area contributed by atoms with Crippen LogP contribution in [0.4, 0.5) is 0 Å². The smallest absolute Gasteiger partial charge is 0.316 e. The molecule has 32 heavy (non-hydrogen) atoms. The predicted molar refractivity (Wildman–Crippen MR) is 116 cm³/mol. The first-order chi connectivity index (χ1) is 15.2. The highest BCUT2D eigenvalue weighted by atomic mass is 35.5. The number of halogens is 1. The zero-order valence-corrected chi connectivity index (χ0v) is 19.0. The molecule has 0 saturated carbocycles. The Bertz CT molecular complexity index is 1260. The Balaban J connectivity index is 1.66. The van der Waals surface area contributed by atoms with Crippen molar-refractivity contribution < 1.29 is 23.1 Å². The van der Waals surface area contributed by atoms with E-state index in [4.69, 9.17) is 16.3 Å². The standard InChI is InChI=1S/C20H22ClN5O5S/c1-3-31-20-22-8-14(9-23-20)32(29,30)25-10-12(2)18(11-25)26-17-6-13(21)4-5-15(17)16(24-26)7-19(27)28/h4-6,8-9,12,18H,3,7,10-11H2,1-2H3,(H,27,28)/t12-,18+/m1/s1. The van der Waals surface area contributed by atoms with E-state index in [-0.39, 0.29) is 42.4 Å². The van der Waals surface area contributed by atoms with Crippen LogP contribution in [-0.2, 0) is 21.2 Å². The monoisotopic (exact) mass is 479 g/mol. The molecule has 12 heteroatoms. The molecular weight excluding hydrogens is 458 g/mol. The fraction of sp³-hybridized carbons (Fsp3) is 0.400. The maximum absolute atomic E-state index is 13.2. The van der Waals surface area contributed by atoms with E-state index in [0.717, 1.165) is 0 Å². The van der Waals surface area contributed by atoms with Gasteiger partial charge in [0.05, 0.1) is 42.7 Å². The average Bonchev–Trinajstić information content (AvgIpc) is 3.29. The van der Waals surface area contributed by atoms with Gasteiger partial charge in [-0.05, 0) is 31.0 Å². The molecule has 3 heterocycles. The van der Waals surface area contributed by atoms with Gasteiger partial charge in [-0.1, -0.05) is 18.5 Å². The third-order valence-corrected chi connectivity index (χ3v) is 7.45. The van der Waals surface area contributed by atoms with E-state index in [1.807, 2.05) is 6.92 Å². The Morgan fingerprint density at radius 2 is 2.00 bits per heavy atom. The van der Waals surface area contributed by atoms with Gasteiger partial charge in [0.25, 0.3) is 0 Å². The minimum atomic E-state index is -3.83. The second kappa shape index (κ2) is 8.64. The van der Waals surface area contributed by atoms with E-state index in [9.17, 15) is 18.3 Å². The van der Waals surface area contributed by atoms with Crippen LogP contribution < -0.4 is 4.74 Å². The van der Waals surface area contributed by atoms with E-state index in [1.165, 1.54) is 16.7 Å². The van der Waals surface area contributed by atoms with E-state index < -0.39 is 16.0 Å². The van der Waals surface area contributed by atoms with E-state index in [0.29, 0.717) is 28.2 Å². The van der Waals surface area contributed by atoms with Crippen LogP contribution in [0.15, 0.2) is 35.5 Å². The normalized spacial score (nSPS) is 19.5. The van der Waals surface area contributed by atoms with Crippen molar-refractivity contribution in [2.75, 3.05) is 19.7 Å². The molecule has 1 aromatic carbocycles. The Labute approximate surface area is 189 Å². The number of carboxylic acid groups (broad SMARTS) is 1. The first-order valence-corrected chi connectivity index (χ1v) is 11.9. The van der Waals surface area contributed by atoms with Crippen LogP contribution in [0, 0.1) is 5.92 Å². The Hall–Kier alpha value is -2.76. The molecule has 1 aliphatic rings. The number of sulfonamides is 1. The van der Waals surface area contributed by atoms with Gasteiger partial charge >= 0.3 is 12.0 Å². The molecule has 170 valence electrons. The van der Waals surface area contributed by atoms with Crippen molar-refractivity contribution in [3.63, 3.8) is 0 Å². The molecule has 4 rings (SSSR count). The van der Waals surface area contributed by atoms with Crippen LogP contribution >= 0.6 is 11.6 Å². The molecule has 1 N–H and O–H groups in total. The second-order valence-corrected chi connectivity index (χ2v) is 10.00. The van der Waals surface area contributed by atoms with Crippen molar-refractivity contribution in [2.45, 2.75) is 31.2 Å². The number of hydrogen-bond donors (Lipinski definition) is 1. The molecule has 2 atom stereocenters. The molecule has 0 amide bonds. The Kier molecular flexibility index (Phi) is 6.06. The number of hydrogen-bond acceptors (Lipinski definition) is 7. The third kappa shape index (κ3) is 4.15. The summed E-state index contributed by atoms with van der Waals surface area (Å²) < 4.78 is 34.6. The number of benzene rings is 1. The molecule has 0 spiro atoms. The van der Waals surface area contributed by atoms with E-state index >= 15 is 0 Å². The van der Waals surface area contributed by atoms with E-state index in [1.54, 1.807) is 29.8 Å².